The van der Waals surface area contributed by atoms with E-state index in [1.54, 1.807) is 18.2 Å². The number of rotatable bonds is 5. The van der Waals surface area contributed by atoms with Crippen LogP contribution in [0, 0.1) is 5.82 Å². The second-order valence-corrected chi connectivity index (χ2v) is 9.91. The van der Waals surface area contributed by atoms with E-state index >= 15 is 0 Å². The monoisotopic (exact) mass is 491 g/mol. The highest BCUT2D eigenvalue weighted by atomic mass is 32.2. The van der Waals surface area contributed by atoms with Crippen LogP contribution >= 0.6 is 11.8 Å². The number of nitrogens with zero attached hydrogens (tertiary/aromatic N) is 3. The third-order valence-electron chi connectivity index (χ3n) is 6.50. The van der Waals surface area contributed by atoms with Crippen LogP contribution in [0.3, 0.4) is 0 Å². The predicted molar refractivity (Wildman–Crippen MR) is 135 cm³/mol. The molecule has 0 saturated carbocycles. The third kappa shape index (κ3) is 5.03. The Balaban J connectivity index is 1.39. The maximum absolute atomic E-state index is 13.2. The summed E-state index contributed by atoms with van der Waals surface area (Å²) in [6.07, 6.45) is 8.01. The lowest BCUT2D eigenvalue weighted by Crippen LogP contribution is -2.34. The molecule has 3 heterocycles. The van der Waals surface area contributed by atoms with Crippen LogP contribution in [0.1, 0.15) is 36.8 Å². The van der Waals surface area contributed by atoms with E-state index in [-0.39, 0.29) is 36.0 Å². The van der Waals surface area contributed by atoms with Gasteiger partial charge in [0.05, 0.1) is 11.4 Å². The Hall–Kier alpha value is -3.39. The van der Waals surface area contributed by atoms with E-state index in [0.29, 0.717) is 10.5 Å². The lowest BCUT2D eigenvalue weighted by Gasteiger charge is -2.20. The molecule has 0 radical (unpaired) electrons. The van der Waals surface area contributed by atoms with E-state index in [1.165, 1.54) is 17.0 Å². The Morgan fingerprint density at radius 1 is 0.971 bits per heavy atom. The summed E-state index contributed by atoms with van der Waals surface area (Å²) in [6, 6.07) is 13.5. The molecule has 2 aliphatic rings. The summed E-state index contributed by atoms with van der Waals surface area (Å²) in [4.78, 5) is 42.1. The van der Waals surface area contributed by atoms with Crippen molar-refractivity contribution in [2.24, 2.45) is 0 Å². The number of fused-ring (bicyclic) bond motifs is 1. The quantitative estimate of drug-likeness (QED) is 0.447. The number of hydrogen-bond donors (Lipinski definition) is 0. The van der Waals surface area contributed by atoms with Crippen molar-refractivity contribution in [3.8, 4) is 0 Å². The van der Waals surface area contributed by atoms with Gasteiger partial charge in [-0.2, -0.15) is 0 Å². The Morgan fingerprint density at radius 2 is 1.69 bits per heavy atom. The highest BCUT2D eigenvalue weighted by molar-refractivity contribution is 8.18. The van der Waals surface area contributed by atoms with E-state index < -0.39 is 0 Å². The first-order valence-electron chi connectivity index (χ1n) is 11.8. The molecular weight excluding hydrogens is 465 g/mol. The first kappa shape index (κ1) is 23.4. The molecular formula is C27H26FN3O3S. The molecule has 3 amide bonds. The molecule has 180 valence electrons. The van der Waals surface area contributed by atoms with Gasteiger partial charge in [0.15, 0.2) is 0 Å². The normalized spacial score (nSPS) is 18.0. The van der Waals surface area contributed by atoms with Gasteiger partial charge in [0.25, 0.3) is 11.1 Å². The molecule has 0 spiro atoms. The number of hydrogen-bond acceptors (Lipinski definition) is 4. The minimum atomic E-state index is -0.373. The van der Waals surface area contributed by atoms with Gasteiger partial charge in [-0.05, 0) is 54.4 Å². The van der Waals surface area contributed by atoms with E-state index in [4.69, 9.17) is 0 Å². The van der Waals surface area contributed by atoms with Crippen molar-refractivity contribution in [1.82, 2.24) is 14.4 Å². The lowest BCUT2D eigenvalue weighted by atomic mass is 10.1. The Bertz CT molecular complexity index is 1310. The van der Waals surface area contributed by atoms with Crippen LogP contribution in [-0.4, -0.2) is 44.5 Å². The first-order chi connectivity index (χ1) is 17.0. The molecule has 0 unspecified atom stereocenters. The van der Waals surface area contributed by atoms with Crippen LogP contribution in [0.5, 0.6) is 0 Å². The summed E-state index contributed by atoms with van der Waals surface area (Å²) in [5, 5.41) is 0.562. The number of para-hydroxylation sites is 1. The van der Waals surface area contributed by atoms with Crippen molar-refractivity contribution in [1.29, 1.82) is 0 Å². The largest absolute Gasteiger partial charge is 0.341 e. The fourth-order valence-electron chi connectivity index (χ4n) is 4.64. The molecule has 6 nitrogen and oxygen atoms in total. The summed E-state index contributed by atoms with van der Waals surface area (Å²) >= 11 is 0.896. The van der Waals surface area contributed by atoms with Crippen LogP contribution < -0.4 is 0 Å². The van der Waals surface area contributed by atoms with E-state index in [0.717, 1.165) is 67.0 Å². The Kier molecular flexibility index (Phi) is 6.72. The molecule has 35 heavy (non-hydrogen) atoms. The Labute approximate surface area is 207 Å². The van der Waals surface area contributed by atoms with Crippen molar-refractivity contribution in [2.45, 2.75) is 38.8 Å². The summed E-state index contributed by atoms with van der Waals surface area (Å²) < 4.78 is 15.1. The van der Waals surface area contributed by atoms with Crippen LogP contribution in [0.2, 0.25) is 0 Å². The molecule has 2 aromatic carbocycles. The zero-order valence-electron chi connectivity index (χ0n) is 19.3. The number of amides is 3. The van der Waals surface area contributed by atoms with Gasteiger partial charge in [-0.25, -0.2) is 4.39 Å². The molecule has 1 aromatic heterocycles. The third-order valence-corrected chi connectivity index (χ3v) is 7.41. The molecule has 8 heteroatoms. The average Bonchev–Trinajstić information content (AvgIpc) is 3.16. The maximum atomic E-state index is 13.2. The molecule has 2 saturated heterocycles. The molecule has 2 aliphatic heterocycles. The molecule has 0 aliphatic carbocycles. The lowest BCUT2D eigenvalue weighted by molar-refractivity contribution is -0.131. The summed E-state index contributed by atoms with van der Waals surface area (Å²) in [6.45, 7) is 1.92. The van der Waals surface area contributed by atoms with E-state index in [9.17, 15) is 18.8 Å². The van der Waals surface area contributed by atoms with Crippen LogP contribution in [0.15, 0.2) is 59.6 Å². The number of aromatic nitrogens is 1. The van der Waals surface area contributed by atoms with Crippen molar-refractivity contribution in [3.63, 3.8) is 0 Å². The number of benzene rings is 2. The summed E-state index contributed by atoms with van der Waals surface area (Å²) in [5.41, 5.74) is 2.38. The summed E-state index contributed by atoms with van der Waals surface area (Å²) in [7, 11) is 0. The molecule has 0 atom stereocenters. The van der Waals surface area contributed by atoms with Gasteiger partial charge in [0.2, 0.25) is 5.91 Å². The fraction of sp³-hybridized carbons (Fsp3) is 0.296. The van der Waals surface area contributed by atoms with Gasteiger partial charge in [0, 0.05) is 35.8 Å². The second-order valence-electron chi connectivity index (χ2n) is 8.92. The number of imide groups is 1. The zero-order chi connectivity index (χ0) is 24.4. The van der Waals surface area contributed by atoms with E-state index in [2.05, 4.69) is 0 Å². The number of likely N-dealkylation sites (tertiary alicyclic amines) is 1. The average molecular weight is 492 g/mol. The van der Waals surface area contributed by atoms with Crippen LogP contribution in [0.25, 0.3) is 17.0 Å². The predicted octanol–water partition coefficient (Wildman–Crippen LogP) is 5.42. The van der Waals surface area contributed by atoms with Crippen molar-refractivity contribution >= 4 is 45.8 Å². The molecule has 2 fully saturated rings. The highest BCUT2D eigenvalue weighted by Gasteiger charge is 2.35. The van der Waals surface area contributed by atoms with Crippen molar-refractivity contribution in [2.75, 3.05) is 13.1 Å². The zero-order valence-corrected chi connectivity index (χ0v) is 20.1. The standard InChI is InChI=1S/C27H26FN3O3S/c28-21-11-9-19(10-12-21)16-31-26(33)24(35-27(31)34)15-20-17-30(23-8-4-3-7-22(20)23)18-25(32)29-13-5-1-2-6-14-29/h3-4,7-12,15,17H,1-2,5-6,13-14,16,18H2/b24-15-. The van der Waals surface area contributed by atoms with Gasteiger partial charge in [-0.3, -0.25) is 19.3 Å². The second kappa shape index (κ2) is 10.1. The van der Waals surface area contributed by atoms with Crippen molar-refractivity contribution < 1.29 is 18.8 Å². The van der Waals surface area contributed by atoms with Crippen molar-refractivity contribution in [3.05, 3.63) is 76.6 Å². The van der Waals surface area contributed by atoms with Gasteiger partial charge in [0.1, 0.15) is 12.4 Å². The molecule has 0 bridgehead atoms. The van der Waals surface area contributed by atoms with Crippen LogP contribution in [-0.2, 0) is 22.7 Å². The maximum Gasteiger partial charge on any atom is 0.293 e. The SMILES string of the molecule is O=C(Cn1cc(/C=C2\SC(=O)N(Cc3ccc(F)cc3)C2=O)c2ccccc21)N1CCCCCC1. The molecule has 0 N–H and O–H groups in total. The number of thioether (sulfide) groups is 1. The van der Waals surface area contributed by atoms with Gasteiger partial charge in [-0.15, -0.1) is 0 Å². The summed E-state index contributed by atoms with van der Waals surface area (Å²) in [5.74, 6) is -0.644. The molecule has 3 aromatic rings. The topological polar surface area (TPSA) is 62.6 Å². The smallest absolute Gasteiger partial charge is 0.293 e. The molecule has 5 rings (SSSR count). The number of carbonyl (C=O) groups excluding carboxylic acids is 3. The first-order valence-corrected chi connectivity index (χ1v) is 12.7. The fourth-order valence-corrected chi connectivity index (χ4v) is 5.47. The van der Waals surface area contributed by atoms with Gasteiger partial charge in [-0.1, -0.05) is 43.2 Å². The number of carbonyl (C=O) groups is 3. The highest BCUT2D eigenvalue weighted by Crippen LogP contribution is 2.35. The van der Waals surface area contributed by atoms with Crippen LogP contribution in [0.4, 0.5) is 9.18 Å². The van der Waals surface area contributed by atoms with Gasteiger partial charge >= 0.3 is 0 Å². The minimum Gasteiger partial charge on any atom is -0.341 e. The number of halogens is 1. The van der Waals surface area contributed by atoms with E-state index in [1.807, 2.05) is 39.9 Å². The minimum absolute atomic E-state index is 0.0916. The Morgan fingerprint density at radius 3 is 2.43 bits per heavy atom. The van der Waals surface area contributed by atoms with Gasteiger partial charge < -0.3 is 9.47 Å².